The van der Waals surface area contributed by atoms with Crippen LogP contribution in [0.4, 0.5) is 5.13 Å². The van der Waals surface area contributed by atoms with Gasteiger partial charge in [0.05, 0.1) is 34.1 Å². The molecule has 1 aliphatic heterocycles. The van der Waals surface area contributed by atoms with Crippen LogP contribution in [0, 0.1) is 6.92 Å². The lowest BCUT2D eigenvalue weighted by Crippen LogP contribution is -2.50. The SMILES string of the molecule is CCOC(=O)[C@@H](OC(C)(C)C)c1c(C)cc2nc(N3CCNC(c4ccc5c(cnn5C)c4)C3=O)sc2c1-c1ccc(Cl)cc1. The Balaban J connectivity index is 1.48. The van der Waals surface area contributed by atoms with Crippen molar-refractivity contribution in [2.45, 2.75) is 52.4 Å². The van der Waals surface area contributed by atoms with E-state index >= 15 is 0 Å². The van der Waals surface area contributed by atoms with E-state index in [0.717, 1.165) is 43.4 Å². The monoisotopic (exact) mass is 645 g/mol. The van der Waals surface area contributed by atoms with E-state index in [1.165, 1.54) is 11.3 Å². The zero-order valence-corrected chi connectivity index (χ0v) is 27.8. The second-order valence-electron chi connectivity index (χ2n) is 12.2. The largest absolute Gasteiger partial charge is 0.464 e. The minimum Gasteiger partial charge on any atom is -0.464 e. The molecule has 3 heterocycles. The number of aryl methyl sites for hydroxylation is 2. The summed E-state index contributed by atoms with van der Waals surface area (Å²) in [6, 6.07) is 14.9. The van der Waals surface area contributed by atoms with Gasteiger partial charge in [-0.25, -0.2) is 9.78 Å². The fourth-order valence-corrected chi connectivity index (χ4v) is 7.12. The molecule has 6 rings (SSSR count). The van der Waals surface area contributed by atoms with Crippen LogP contribution in [0.25, 0.3) is 32.2 Å². The molecule has 0 spiro atoms. The number of fused-ring (bicyclic) bond motifs is 2. The van der Waals surface area contributed by atoms with E-state index in [-0.39, 0.29) is 12.5 Å². The predicted molar refractivity (Wildman–Crippen MR) is 179 cm³/mol. The van der Waals surface area contributed by atoms with Crippen LogP contribution in [0.1, 0.15) is 56.5 Å². The molecule has 9 nitrogen and oxygen atoms in total. The van der Waals surface area contributed by atoms with Crippen LogP contribution in [0.5, 0.6) is 0 Å². The summed E-state index contributed by atoms with van der Waals surface area (Å²) in [5, 5.41) is 9.91. The van der Waals surface area contributed by atoms with E-state index in [4.69, 9.17) is 26.1 Å². The zero-order chi connectivity index (χ0) is 32.0. The first kappa shape index (κ1) is 31.2. The molecule has 1 N–H and O–H groups in total. The van der Waals surface area contributed by atoms with E-state index in [9.17, 15) is 9.59 Å². The van der Waals surface area contributed by atoms with E-state index in [1.807, 2.05) is 94.2 Å². The third kappa shape index (κ3) is 6.07. The number of thiazole rings is 1. The molecule has 0 radical (unpaired) electrons. The summed E-state index contributed by atoms with van der Waals surface area (Å²) in [7, 11) is 1.90. The first-order valence-corrected chi connectivity index (χ1v) is 16.2. The molecule has 2 atom stereocenters. The van der Waals surface area contributed by atoms with Gasteiger partial charge in [-0.3, -0.25) is 14.4 Å². The van der Waals surface area contributed by atoms with Crippen molar-refractivity contribution in [2.75, 3.05) is 24.6 Å². The Bertz CT molecular complexity index is 1910. The van der Waals surface area contributed by atoms with Gasteiger partial charge in [-0.05, 0) is 81.6 Å². The van der Waals surface area contributed by atoms with Crippen molar-refractivity contribution in [3.8, 4) is 11.1 Å². The van der Waals surface area contributed by atoms with Crippen LogP contribution in [0.2, 0.25) is 5.02 Å². The van der Waals surface area contributed by atoms with Crippen molar-refractivity contribution < 1.29 is 19.1 Å². The van der Waals surface area contributed by atoms with Gasteiger partial charge in [-0.1, -0.05) is 41.1 Å². The molecule has 0 aliphatic carbocycles. The van der Waals surface area contributed by atoms with Gasteiger partial charge in [0.2, 0.25) is 0 Å². The highest BCUT2D eigenvalue weighted by molar-refractivity contribution is 7.23. The van der Waals surface area contributed by atoms with Gasteiger partial charge in [-0.15, -0.1) is 0 Å². The minimum absolute atomic E-state index is 0.0750. The molecule has 234 valence electrons. The number of aromatic nitrogens is 3. The highest BCUT2D eigenvalue weighted by Gasteiger charge is 2.36. The number of piperazine rings is 1. The lowest BCUT2D eigenvalue weighted by atomic mass is 9.91. The molecule has 45 heavy (non-hydrogen) atoms. The Morgan fingerprint density at radius 1 is 1.18 bits per heavy atom. The molecule has 1 amide bonds. The Kier molecular flexibility index (Phi) is 8.43. The molecule has 1 saturated heterocycles. The van der Waals surface area contributed by atoms with E-state index in [2.05, 4.69) is 10.4 Å². The Labute approximate surface area is 271 Å². The second kappa shape index (κ2) is 12.2. The third-order valence-corrected chi connectivity index (χ3v) is 9.18. The minimum atomic E-state index is -0.974. The lowest BCUT2D eigenvalue weighted by molar-refractivity contribution is -0.166. The normalized spacial score (nSPS) is 16.5. The molecule has 5 aromatic rings. The first-order valence-electron chi connectivity index (χ1n) is 15.0. The quantitative estimate of drug-likeness (QED) is 0.192. The number of esters is 1. The number of hydrogen-bond donors (Lipinski definition) is 1. The smallest absolute Gasteiger partial charge is 0.339 e. The topological polar surface area (TPSA) is 98.6 Å². The number of nitrogens with zero attached hydrogens (tertiary/aromatic N) is 4. The van der Waals surface area contributed by atoms with E-state index < -0.39 is 23.7 Å². The number of rotatable bonds is 7. The van der Waals surface area contributed by atoms with Gasteiger partial charge in [0.25, 0.3) is 5.91 Å². The maximum Gasteiger partial charge on any atom is 0.339 e. The fourth-order valence-electron chi connectivity index (χ4n) is 5.84. The maximum atomic E-state index is 14.0. The van der Waals surface area contributed by atoms with Gasteiger partial charge in [0, 0.05) is 41.7 Å². The molecule has 11 heteroatoms. The van der Waals surface area contributed by atoms with Crippen molar-refractivity contribution in [3.05, 3.63) is 76.4 Å². The number of ether oxygens (including phenoxy) is 2. The first-order chi connectivity index (χ1) is 21.4. The number of carbonyl (C=O) groups excluding carboxylic acids is 2. The van der Waals surface area contributed by atoms with Crippen molar-refractivity contribution in [3.63, 3.8) is 0 Å². The molecule has 2 aromatic heterocycles. The van der Waals surface area contributed by atoms with Crippen molar-refractivity contribution >= 4 is 61.1 Å². The summed E-state index contributed by atoms with van der Waals surface area (Å²) in [6.07, 6.45) is 0.834. The third-order valence-electron chi connectivity index (χ3n) is 7.82. The highest BCUT2D eigenvalue weighted by Crippen LogP contribution is 2.45. The molecule has 0 saturated carbocycles. The fraction of sp³-hybridized carbons (Fsp3) is 0.353. The lowest BCUT2D eigenvalue weighted by Gasteiger charge is -2.31. The number of amides is 1. The van der Waals surface area contributed by atoms with Crippen LogP contribution in [0.3, 0.4) is 0 Å². The summed E-state index contributed by atoms with van der Waals surface area (Å²) in [5.74, 6) is -0.533. The van der Waals surface area contributed by atoms with Gasteiger partial charge in [0.15, 0.2) is 11.2 Å². The van der Waals surface area contributed by atoms with E-state index in [0.29, 0.717) is 28.8 Å². The number of nitrogens with one attached hydrogen (secondary N) is 1. The summed E-state index contributed by atoms with van der Waals surface area (Å²) in [6.45, 7) is 10.8. The van der Waals surface area contributed by atoms with Gasteiger partial charge in [-0.2, -0.15) is 5.10 Å². The predicted octanol–water partition coefficient (Wildman–Crippen LogP) is 6.91. The standard InChI is InChI=1S/C34H36ClN5O4S/c1-7-43-32(42)29(44-34(3,4)5)26-19(2)16-24-30(27(26)20-8-11-23(35)12-9-20)45-33(38-24)40-15-14-36-28(31(40)41)21-10-13-25-22(17-21)18-37-39(25)6/h8-13,16-18,28-29,36H,7,14-15H2,1-6H3/t28?,29-/m0/s1. The maximum absolute atomic E-state index is 14.0. The van der Waals surface area contributed by atoms with Crippen LogP contribution in [0.15, 0.2) is 54.7 Å². The summed E-state index contributed by atoms with van der Waals surface area (Å²) >= 11 is 7.72. The number of hydrogen-bond acceptors (Lipinski definition) is 8. The summed E-state index contributed by atoms with van der Waals surface area (Å²) < 4.78 is 14.6. The number of carbonyl (C=O) groups is 2. The molecule has 3 aromatic carbocycles. The van der Waals surface area contributed by atoms with Crippen LogP contribution >= 0.6 is 22.9 Å². The summed E-state index contributed by atoms with van der Waals surface area (Å²) in [4.78, 5) is 34.2. The van der Waals surface area contributed by atoms with Gasteiger partial charge in [0.1, 0.15) is 6.04 Å². The Hall–Kier alpha value is -3.83. The number of benzene rings is 3. The van der Waals surface area contributed by atoms with Gasteiger partial charge >= 0.3 is 5.97 Å². The number of halogens is 1. The average molecular weight is 646 g/mol. The molecular formula is C34H36ClN5O4S. The van der Waals surface area contributed by atoms with Crippen molar-refractivity contribution in [2.24, 2.45) is 7.05 Å². The molecule has 0 bridgehead atoms. The van der Waals surface area contributed by atoms with Crippen LogP contribution in [-0.4, -0.2) is 51.9 Å². The molecule has 1 aliphatic rings. The van der Waals surface area contributed by atoms with Crippen LogP contribution < -0.4 is 10.2 Å². The summed E-state index contributed by atoms with van der Waals surface area (Å²) in [5.41, 5.74) is 5.21. The number of anilines is 1. The molecular weight excluding hydrogens is 610 g/mol. The van der Waals surface area contributed by atoms with Crippen molar-refractivity contribution in [1.29, 1.82) is 0 Å². The molecule has 1 unspecified atom stereocenters. The Morgan fingerprint density at radius 2 is 1.93 bits per heavy atom. The van der Waals surface area contributed by atoms with E-state index in [1.54, 1.807) is 11.8 Å². The average Bonchev–Trinajstić information content (AvgIpc) is 3.58. The Morgan fingerprint density at radius 3 is 2.64 bits per heavy atom. The highest BCUT2D eigenvalue weighted by atomic mass is 35.5. The van der Waals surface area contributed by atoms with Crippen LogP contribution in [-0.2, 0) is 26.1 Å². The zero-order valence-electron chi connectivity index (χ0n) is 26.2. The van der Waals surface area contributed by atoms with Crippen molar-refractivity contribution in [1.82, 2.24) is 20.1 Å². The second-order valence-corrected chi connectivity index (χ2v) is 13.6. The molecule has 1 fully saturated rings. The van der Waals surface area contributed by atoms with Gasteiger partial charge < -0.3 is 14.8 Å².